The zero-order chi connectivity index (χ0) is 10.2. The van der Waals surface area contributed by atoms with Crippen LogP contribution in [0.5, 0.6) is 0 Å². The molecule has 0 atom stereocenters. The molecule has 1 aromatic rings. The Bertz CT molecular complexity index is 382. The smallest absolute Gasteiger partial charge is 0.347 e. The first-order chi connectivity index (χ1) is 5.82. The zero-order valence-corrected chi connectivity index (χ0v) is 7.70. The van der Waals surface area contributed by atoms with E-state index in [2.05, 4.69) is 5.10 Å². The largest absolute Gasteiger partial charge is 0.358 e. The van der Waals surface area contributed by atoms with Gasteiger partial charge in [-0.2, -0.15) is 5.10 Å². The van der Waals surface area contributed by atoms with E-state index in [4.69, 9.17) is 0 Å². The van der Waals surface area contributed by atoms with E-state index in [1.54, 1.807) is 20.8 Å². The average molecular weight is 185 g/mol. The molecule has 0 amide bonds. The summed E-state index contributed by atoms with van der Waals surface area (Å²) in [6, 6.07) is 0.977. The van der Waals surface area contributed by atoms with Gasteiger partial charge in [-0.1, -0.05) is 0 Å². The predicted octanol–water partition coefficient (Wildman–Crippen LogP) is 0.840. The maximum absolute atomic E-state index is 10.9. The van der Waals surface area contributed by atoms with E-state index in [1.807, 2.05) is 0 Å². The van der Waals surface area contributed by atoms with Crippen molar-refractivity contribution in [2.45, 2.75) is 26.3 Å². The van der Waals surface area contributed by atoms with Gasteiger partial charge in [0, 0.05) is 0 Å². The van der Waals surface area contributed by atoms with Crippen molar-refractivity contribution in [1.82, 2.24) is 9.78 Å². The Labute approximate surface area is 74.3 Å². The molecule has 13 heavy (non-hydrogen) atoms. The maximum Gasteiger partial charge on any atom is 0.347 e. The summed E-state index contributed by atoms with van der Waals surface area (Å²) >= 11 is 0. The monoisotopic (exact) mass is 185 g/mol. The highest BCUT2D eigenvalue weighted by Crippen LogP contribution is 2.18. The normalized spacial score (nSPS) is 11.6. The lowest BCUT2D eigenvalue weighted by atomic mass is 10.1. The first-order valence-electron chi connectivity index (χ1n) is 3.79. The molecular formula is C7H11N3O3. The summed E-state index contributed by atoms with van der Waals surface area (Å²) in [6.45, 7) is 5.32. The number of nitrogens with zero attached hydrogens (tertiary/aromatic N) is 2. The molecule has 0 spiro atoms. The van der Waals surface area contributed by atoms with Crippen molar-refractivity contribution in [3.05, 3.63) is 26.5 Å². The van der Waals surface area contributed by atoms with Crippen LogP contribution in [-0.4, -0.2) is 14.7 Å². The van der Waals surface area contributed by atoms with Crippen LogP contribution in [0.25, 0.3) is 0 Å². The van der Waals surface area contributed by atoms with Crippen molar-refractivity contribution >= 4 is 5.82 Å². The van der Waals surface area contributed by atoms with Gasteiger partial charge in [-0.3, -0.25) is 4.79 Å². The summed E-state index contributed by atoms with van der Waals surface area (Å²) in [5.74, 6) is -0.211. The zero-order valence-electron chi connectivity index (χ0n) is 7.70. The van der Waals surface area contributed by atoms with Crippen LogP contribution in [0.1, 0.15) is 20.8 Å². The Morgan fingerprint density at radius 2 is 2.08 bits per heavy atom. The van der Waals surface area contributed by atoms with Crippen LogP contribution in [0.4, 0.5) is 5.82 Å². The molecule has 0 aliphatic rings. The van der Waals surface area contributed by atoms with Crippen molar-refractivity contribution < 1.29 is 4.92 Å². The Kier molecular flexibility index (Phi) is 1.99. The molecule has 0 radical (unpaired) electrons. The fraction of sp³-hybridized carbons (Fsp3) is 0.571. The Hall–Kier alpha value is -1.59. The van der Waals surface area contributed by atoms with Gasteiger partial charge in [-0.25, -0.2) is 0 Å². The van der Waals surface area contributed by atoms with Crippen LogP contribution in [-0.2, 0) is 5.54 Å². The molecule has 1 aromatic heterocycles. The van der Waals surface area contributed by atoms with Gasteiger partial charge in [-0.05, 0) is 25.7 Å². The van der Waals surface area contributed by atoms with E-state index < -0.39 is 16.0 Å². The Balaban J connectivity index is 3.36. The second kappa shape index (κ2) is 2.72. The molecule has 0 aromatic carbocycles. The second-order valence-electron chi connectivity index (χ2n) is 3.74. The van der Waals surface area contributed by atoms with Crippen molar-refractivity contribution in [3.63, 3.8) is 0 Å². The summed E-state index contributed by atoms with van der Waals surface area (Å²) in [4.78, 5) is 20.8. The van der Waals surface area contributed by atoms with Crippen LogP contribution in [0.15, 0.2) is 10.9 Å². The molecule has 6 heteroatoms. The number of hydrogen-bond donors (Lipinski definition) is 1. The molecular weight excluding hydrogens is 174 g/mol. The van der Waals surface area contributed by atoms with Gasteiger partial charge in [0.2, 0.25) is 0 Å². The fourth-order valence-electron chi connectivity index (χ4n) is 1.03. The molecule has 0 bridgehead atoms. The number of nitro groups is 1. The lowest BCUT2D eigenvalue weighted by Gasteiger charge is -2.14. The summed E-state index contributed by atoms with van der Waals surface area (Å²) in [5.41, 5.74) is -0.952. The number of hydrogen-bond acceptors (Lipinski definition) is 3. The summed E-state index contributed by atoms with van der Waals surface area (Å²) in [5, 5.41) is 12.9. The van der Waals surface area contributed by atoms with Crippen molar-refractivity contribution in [2.24, 2.45) is 0 Å². The third-order valence-electron chi connectivity index (χ3n) is 1.57. The molecule has 1 rings (SSSR count). The molecule has 0 saturated heterocycles. The van der Waals surface area contributed by atoms with Gasteiger partial charge >= 0.3 is 5.82 Å². The SMILES string of the molecule is CC(C)(C)n1[nH]c(=O)cc1[N+](=O)[O-]. The van der Waals surface area contributed by atoms with Crippen molar-refractivity contribution in [2.75, 3.05) is 0 Å². The van der Waals surface area contributed by atoms with E-state index in [0.29, 0.717) is 0 Å². The number of aromatic amines is 1. The molecule has 0 fully saturated rings. The minimum Gasteiger partial charge on any atom is -0.358 e. The van der Waals surface area contributed by atoms with E-state index in [9.17, 15) is 14.9 Å². The van der Waals surface area contributed by atoms with Gasteiger partial charge in [0.25, 0.3) is 5.56 Å². The van der Waals surface area contributed by atoms with E-state index in [0.717, 1.165) is 6.07 Å². The highest BCUT2D eigenvalue weighted by Gasteiger charge is 2.26. The molecule has 6 nitrogen and oxygen atoms in total. The van der Waals surface area contributed by atoms with Crippen LogP contribution in [0, 0.1) is 10.1 Å². The van der Waals surface area contributed by atoms with Gasteiger partial charge < -0.3 is 10.1 Å². The van der Waals surface area contributed by atoms with Crippen LogP contribution >= 0.6 is 0 Å². The maximum atomic E-state index is 10.9. The molecule has 1 N–H and O–H groups in total. The third kappa shape index (κ3) is 1.77. The van der Waals surface area contributed by atoms with Gasteiger partial charge in [0.15, 0.2) is 0 Å². The summed E-state index contributed by atoms with van der Waals surface area (Å²) in [6.07, 6.45) is 0. The molecule has 0 aliphatic heterocycles. The summed E-state index contributed by atoms with van der Waals surface area (Å²) < 4.78 is 1.25. The molecule has 1 heterocycles. The third-order valence-corrected chi connectivity index (χ3v) is 1.57. The average Bonchev–Trinajstić information content (AvgIpc) is 2.29. The fourth-order valence-corrected chi connectivity index (χ4v) is 1.03. The van der Waals surface area contributed by atoms with Crippen LogP contribution in [0.3, 0.4) is 0 Å². The van der Waals surface area contributed by atoms with Gasteiger partial charge in [0.05, 0.1) is 0 Å². The predicted molar refractivity (Wildman–Crippen MR) is 46.7 cm³/mol. The van der Waals surface area contributed by atoms with Crippen LogP contribution in [0.2, 0.25) is 0 Å². The molecule has 0 saturated carbocycles. The van der Waals surface area contributed by atoms with E-state index in [1.165, 1.54) is 4.68 Å². The Morgan fingerprint density at radius 1 is 1.54 bits per heavy atom. The number of aromatic nitrogens is 2. The van der Waals surface area contributed by atoms with Gasteiger partial charge in [-0.15, -0.1) is 4.68 Å². The quantitative estimate of drug-likeness (QED) is 0.520. The molecule has 0 aliphatic carbocycles. The minimum atomic E-state index is -0.580. The number of H-pyrrole nitrogens is 1. The first kappa shape index (κ1) is 9.50. The molecule has 0 unspecified atom stereocenters. The molecule has 72 valence electrons. The second-order valence-corrected chi connectivity index (χ2v) is 3.74. The van der Waals surface area contributed by atoms with Crippen LogP contribution < -0.4 is 5.56 Å². The van der Waals surface area contributed by atoms with Crippen molar-refractivity contribution in [1.29, 1.82) is 0 Å². The number of rotatable bonds is 1. The van der Waals surface area contributed by atoms with E-state index in [-0.39, 0.29) is 5.82 Å². The lowest BCUT2D eigenvalue weighted by Crippen LogP contribution is -2.25. The van der Waals surface area contributed by atoms with Gasteiger partial charge in [0.1, 0.15) is 11.6 Å². The standard InChI is InChI=1S/C7H11N3O3/c1-7(2,3)9-6(10(12)13)4-5(11)8-9/h4H,1-3H3,(H,8,11). The number of nitrogens with one attached hydrogen (secondary N) is 1. The highest BCUT2D eigenvalue weighted by atomic mass is 16.6. The topological polar surface area (TPSA) is 80.9 Å². The van der Waals surface area contributed by atoms with Crippen molar-refractivity contribution in [3.8, 4) is 0 Å². The Morgan fingerprint density at radius 3 is 2.38 bits per heavy atom. The van der Waals surface area contributed by atoms with E-state index >= 15 is 0 Å². The summed E-state index contributed by atoms with van der Waals surface area (Å²) in [7, 11) is 0. The highest BCUT2D eigenvalue weighted by molar-refractivity contribution is 5.18. The minimum absolute atomic E-state index is 0.211. The lowest BCUT2D eigenvalue weighted by molar-refractivity contribution is -0.393. The first-order valence-corrected chi connectivity index (χ1v) is 3.79.